The highest BCUT2D eigenvalue weighted by Crippen LogP contribution is 2.32. The van der Waals surface area contributed by atoms with E-state index in [0.29, 0.717) is 30.8 Å². The fourth-order valence-electron chi connectivity index (χ4n) is 4.58. The largest absolute Gasteiger partial charge is 0.381 e. The van der Waals surface area contributed by atoms with Crippen molar-refractivity contribution in [1.82, 2.24) is 19.5 Å². The fourth-order valence-corrected chi connectivity index (χ4v) is 4.58. The molecule has 2 atom stereocenters. The molecule has 0 aromatic carbocycles. The van der Waals surface area contributed by atoms with E-state index >= 15 is 0 Å². The lowest BCUT2D eigenvalue weighted by Crippen LogP contribution is -2.53. The number of anilines is 1. The van der Waals surface area contributed by atoms with Crippen molar-refractivity contribution in [3.63, 3.8) is 0 Å². The third kappa shape index (κ3) is 4.61. The molecule has 4 heterocycles. The Hall–Kier alpha value is -3.46. The second-order valence-electron chi connectivity index (χ2n) is 9.56. The van der Waals surface area contributed by atoms with E-state index in [9.17, 15) is 14.7 Å². The number of hydrogen-bond donors (Lipinski definition) is 3. The zero-order valence-corrected chi connectivity index (χ0v) is 20.1. The molecular weight excluding hydrogens is 432 g/mol. The summed E-state index contributed by atoms with van der Waals surface area (Å²) in [6, 6.07) is 5.96. The van der Waals surface area contributed by atoms with Crippen LogP contribution < -0.4 is 11.1 Å². The Labute approximate surface area is 199 Å². The van der Waals surface area contributed by atoms with Crippen LogP contribution in [0.5, 0.6) is 0 Å². The summed E-state index contributed by atoms with van der Waals surface area (Å²) >= 11 is 0. The number of carbonyl (C=O) groups is 2. The SMILES string of the molecule is CC[C@H]1CN(C(=O)C(C)(C)O)CC[C@H]1Nc1c(C(N)=O)cnn2cc(-c3ccc(C)nc3)cc12. The van der Waals surface area contributed by atoms with E-state index in [-0.39, 0.29) is 17.9 Å². The van der Waals surface area contributed by atoms with Crippen LogP contribution in [-0.2, 0) is 4.79 Å². The third-order valence-corrected chi connectivity index (χ3v) is 6.55. The van der Waals surface area contributed by atoms with Gasteiger partial charge in [0.05, 0.1) is 23.0 Å². The number of rotatable bonds is 6. The zero-order valence-electron chi connectivity index (χ0n) is 20.1. The number of likely N-dealkylation sites (tertiary alicyclic amines) is 1. The predicted molar refractivity (Wildman–Crippen MR) is 130 cm³/mol. The molecule has 1 fully saturated rings. The molecule has 4 N–H and O–H groups in total. The number of aliphatic hydroxyl groups is 1. The van der Waals surface area contributed by atoms with Gasteiger partial charge in [0, 0.05) is 48.3 Å². The Morgan fingerprint density at radius 2 is 2.03 bits per heavy atom. The first-order valence-electron chi connectivity index (χ1n) is 11.6. The van der Waals surface area contributed by atoms with Gasteiger partial charge >= 0.3 is 0 Å². The number of pyridine rings is 1. The second-order valence-corrected chi connectivity index (χ2v) is 9.56. The van der Waals surface area contributed by atoms with E-state index in [1.54, 1.807) is 9.42 Å². The van der Waals surface area contributed by atoms with Gasteiger partial charge in [0.1, 0.15) is 5.60 Å². The maximum Gasteiger partial charge on any atom is 0.253 e. The van der Waals surface area contributed by atoms with Gasteiger partial charge in [-0.05, 0) is 51.7 Å². The summed E-state index contributed by atoms with van der Waals surface area (Å²) in [5.41, 5.74) is 8.83. The van der Waals surface area contributed by atoms with E-state index < -0.39 is 11.5 Å². The molecule has 1 aliphatic rings. The molecule has 9 nitrogen and oxygen atoms in total. The molecule has 180 valence electrons. The van der Waals surface area contributed by atoms with Gasteiger partial charge in [-0.1, -0.05) is 13.0 Å². The molecular formula is C25H32N6O3. The van der Waals surface area contributed by atoms with E-state index in [2.05, 4.69) is 22.3 Å². The maximum absolute atomic E-state index is 12.6. The van der Waals surface area contributed by atoms with Gasteiger partial charge in [-0.25, -0.2) is 4.52 Å². The lowest BCUT2D eigenvalue weighted by molar-refractivity contribution is -0.149. The van der Waals surface area contributed by atoms with Gasteiger partial charge in [0.25, 0.3) is 11.8 Å². The van der Waals surface area contributed by atoms with Crippen molar-refractivity contribution < 1.29 is 14.7 Å². The van der Waals surface area contributed by atoms with Crippen molar-refractivity contribution in [3.8, 4) is 11.1 Å². The molecule has 3 aromatic rings. The number of carbonyl (C=O) groups excluding carboxylic acids is 2. The smallest absolute Gasteiger partial charge is 0.253 e. The molecule has 0 aliphatic carbocycles. The molecule has 3 aromatic heterocycles. The molecule has 9 heteroatoms. The normalized spacial score (nSPS) is 18.8. The van der Waals surface area contributed by atoms with Crippen LogP contribution in [0, 0.1) is 12.8 Å². The van der Waals surface area contributed by atoms with Gasteiger partial charge in [-0.2, -0.15) is 5.10 Å². The Kier molecular flexibility index (Phi) is 6.31. The van der Waals surface area contributed by atoms with Crippen molar-refractivity contribution in [3.05, 3.63) is 48.0 Å². The van der Waals surface area contributed by atoms with Gasteiger partial charge in [0.2, 0.25) is 0 Å². The molecule has 1 saturated heterocycles. The maximum atomic E-state index is 12.6. The standard InChI is InChI=1S/C25H32N6O3/c1-5-16-13-30(24(33)25(3,4)34)9-8-20(16)29-22-19(23(26)32)12-28-31-14-18(10-21(22)31)17-7-6-15(2)27-11-17/h6-7,10-12,14,16,20,29,34H,5,8-9,13H2,1-4H3,(H2,26,32)/t16-,20+/m0/s1. The number of primary amides is 1. The molecule has 0 unspecified atom stereocenters. The Balaban J connectivity index is 1.67. The van der Waals surface area contributed by atoms with Crippen LogP contribution in [0.3, 0.4) is 0 Å². The number of aryl methyl sites for hydroxylation is 1. The van der Waals surface area contributed by atoms with Crippen LogP contribution >= 0.6 is 0 Å². The topological polar surface area (TPSA) is 126 Å². The number of nitrogens with one attached hydrogen (secondary N) is 1. The van der Waals surface area contributed by atoms with Crippen molar-refractivity contribution in [2.24, 2.45) is 11.7 Å². The lowest BCUT2D eigenvalue weighted by atomic mass is 9.88. The summed E-state index contributed by atoms with van der Waals surface area (Å²) in [6.45, 7) is 8.10. The summed E-state index contributed by atoms with van der Waals surface area (Å²) in [5, 5.41) is 18.1. The second kappa shape index (κ2) is 9.06. The minimum absolute atomic E-state index is 0.0274. The molecule has 0 bridgehead atoms. The Morgan fingerprint density at radius 3 is 2.65 bits per heavy atom. The average Bonchev–Trinajstić information content (AvgIpc) is 3.23. The molecule has 34 heavy (non-hydrogen) atoms. The fraction of sp³-hybridized carbons (Fsp3) is 0.440. The number of piperidine rings is 1. The number of nitrogens with two attached hydrogens (primary N) is 1. The quantitative estimate of drug-likeness (QED) is 0.515. The van der Waals surface area contributed by atoms with Crippen LogP contribution in [0.2, 0.25) is 0 Å². The van der Waals surface area contributed by atoms with Crippen molar-refractivity contribution in [2.75, 3.05) is 18.4 Å². The van der Waals surface area contributed by atoms with Gasteiger partial charge in [-0.15, -0.1) is 0 Å². The third-order valence-electron chi connectivity index (χ3n) is 6.55. The summed E-state index contributed by atoms with van der Waals surface area (Å²) in [5.74, 6) is -0.680. The predicted octanol–water partition coefficient (Wildman–Crippen LogP) is 2.61. The highest BCUT2D eigenvalue weighted by atomic mass is 16.3. The number of aromatic nitrogens is 3. The zero-order chi connectivity index (χ0) is 24.6. The van der Waals surface area contributed by atoms with Crippen LogP contribution in [-0.4, -0.2) is 61.2 Å². The average molecular weight is 465 g/mol. The lowest BCUT2D eigenvalue weighted by Gasteiger charge is -2.41. The van der Waals surface area contributed by atoms with Gasteiger partial charge < -0.3 is 21.1 Å². The van der Waals surface area contributed by atoms with Crippen LogP contribution in [0.15, 0.2) is 36.8 Å². The molecule has 0 spiro atoms. The number of amides is 2. The minimum Gasteiger partial charge on any atom is -0.381 e. The first-order valence-corrected chi connectivity index (χ1v) is 11.6. The molecule has 2 amide bonds. The first-order chi connectivity index (χ1) is 16.1. The molecule has 0 saturated carbocycles. The van der Waals surface area contributed by atoms with Crippen molar-refractivity contribution in [1.29, 1.82) is 0 Å². The Bertz CT molecular complexity index is 1210. The van der Waals surface area contributed by atoms with Crippen molar-refractivity contribution in [2.45, 2.75) is 52.2 Å². The molecule has 1 aliphatic heterocycles. The summed E-state index contributed by atoms with van der Waals surface area (Å²) in [7, 11) is 0. The van der Waals surface area contributed by atoms with Crippen LogP contribution in [0.4, 0.5) is 5.69 Å². The van der Waals surface area contributed by atoms with E-state index in [1.165, 1.54) is 20.0 Å². The highest BCUT2D eigenvalue weighted by Gasteiger charge is 2.36. The molecule has 4 rings (SSSR count). The highest BCUT2D eigenvalue weighted by molar-refractivity contribution is 6.02. The van der Waals surface area contributed by atoms with Gasteiger partial charge in [0.15, 0.2) is 0 Å². The van der Waals surface area contributed by atoms with E-state index in [0.717, 1.165) is 28.8 Å². The van der Waals surface area contributed by atoms with Crippen LogP contribution in [0.25, 0.3) is 16.6 Å². The first kappa shape index (κ1) is 23.7. The number of hydrogen-bond acceptors (Lipinski definition) is 6. The monoisotopic (exact) mass is 464 g/mol. The number of fused-ring (bicyclic) bond motifs is 1. The molecule has 0 radical (unpaired) electrons. The summed E-state index contributed by atoms with van der Waals surface area (Å²) in [4.78, 5) is 31.0. The minimum atomic E-state index is -1.40. The summed E-state index contributed by atoms with van der Waals surface area (Å²) in [6.07, 6.45) is 6.72. The Morgan fingerprint density at radius 1 is 1.26 bits per heavy atom. The summed E-state index contributed by atoms with van der Waals surface area (Å²) < 4.78 is 1.73. The van der Waals surface area contributed by atoms with E-state index in [1.807, 2.05) is 37.5 Å². The van der Waals surface area contributed by atoms with Crippen molar-refractivity contribution >= 4 is 23.0 Å². The van der Waals surface area contributed by atoms with Crippen LogP contribution in [0.1, 0.15) is 49.7 Å². The van der Waals surface area contributed by atoms with E-state index in [4.69, 9.17) is 5.73 Å². The number of nitrogens with zero attached hydrogens (tertiary/aromatic N) is 4. The van der Waals surface area contributed by atoms with Gasteiger partial charge in [-0.3, -0.25) is 14.6 Å².